The summed E-state index contributed by atoms with van der Waals surface area (Å²) in [5.41, 5.74) is 7.26. The van der Waals surface area contributed by atoms with Crippen LogP contribution >= 0.6 is 0 Å². The predicted molar refractivity (Wildman–Crippen MR) is 58.9 cm³/mol. The van der Waals surface area contributed by atoms with Gasteiger partial charge in [0.2, 0.25) is 0 Å². The summed E-state index contributed by atoms with van der Waals surface area (Å²) in [6, 6.07) is 5.65. The zero-order valence-electron chi connectivity index (χ0n) is 8.80. The van der Waals surface area contributed by atoms with Gasteiger partial charge in [-0.2, -0.15) is 0 Å². The molecule has 3 N–H and O–H groups in total. The first-order chi connectivity index (χ1) is 7.31. The molecule has 0 aromatic heterocycles. The average Bonchev–Trinajstić information content (AvgIpc) is 2.31. The van der Waals surface area contributed by atoms with Gasteiger partial charge in [-0.15, -0.1) is 0 Å². The maximum absolute atomic E-state index is 13.2. The molecular weight excluding hydrogens is 191 g/mol. The van der Waals surface area contributed by atoms with Crippen LogP contribution in [0.25, 0.3) is 0 Å². The van der Waals surface area contributed by atoms with Crippen molar-refractivity contribution in [3.8, 4) is 0 Å². The van der Waals surface area contributed by atoms with Crippen LogP contribution in [0.2, 0.25) is 0 Å². The highest BCUT2D eigenvalue weighted by molar-refractivity contribution is 5.27. The first kappa shape index (κ1) is 10.6. The van der Waals surface area contributed by atoms with Crippen LogP contribution in [0.3, 0.4) is 0 Å². The molecule has 3 heteroatoms. The highest BCUT2D eigenvalue weighted by Crippen LogP contribution is 2.24. The summed E-state index contributed by atoms with van der Waals surface area (Å²) in [6.45, 7) is 1.33. The number of nitrogens with one attached hydrogen (secondary N) is 1. The van der Waals surface area contributed by atoms with Crippen LogP contribution < -0.4 is 11.1 Å². The van der Waals surface area contributed by atoms with Crippen LogP contribution in [0.5, 0.6) is 0 Å². The van der Waals surface area contributed by atoms with Crippen molar-refractivity contribution >= 4 is 0 Å². The van der Waals surface area contributed by atoms with Crippen molar-refractivity contribution in [2.24, 2.45) is 5.73 Å². The number of rotatable bonds is 2. The van der Waals surface area contributed by atoms with Crippen molar-refractivity contribution in [1.82, 2.24) is 5.32 Å². The molecule has 0 saturated carbocycles. The molecule has 0 bridgehead atoms. The van der Waals surface area contributed by atoms with Gasteiger partial charge < -0.3 is 11.1 Å². The fourth-order valence-corrected chi connectivity index (χ4v) is 2.10. The van der Waals surface area contributed by atoms with Crippen LogP contribution in [0.4, 0.5) is 4.39 Å². The first-order valence-corrected chi connectivity index (χ1v) is 5.53. The predicted octanol–water partition coefficient (Wildman–Crippen LogP) is 2.10. The molecule has 0 aliphatic carbocycles. The molecule has 1 unspecified atom stereocenters. The largest absolute Gasteiger partial charge is 0.326 e. The lowest BCUT2D eigenvalue weighted by atomic mass is 9.96. The highest BCUT2D eigenvalue weighted by Gasteiger charge is 2.15. The Morgan fingerprint density at radius 1 is 1.40 bits per heavy atom. The number of piperidine rings is 1. The van der Waals surface area contributed by atoms with Crippen molar-refractivity contribution in [1.29, 1.82) is 0 Å². The van der Waals surface area contributed by atoms with Gasteiger partial charge in [-0.1, -0.05) is 18.6 Å². The lowest BCUT2D eigenvalue weighted by Gasteiger charge is -2.24. The van der Waals surface area contributed by atoms with E-state index >= 15 is 0 Å². The Bertz CT molecular complexity index is 332. The third-order valence-corrected chi connectivity index (χ3v) is 3.00. The van der Waals surface area contributed by atoms with Gasteiger partial charge in [0.25, 0.3) is 0 Å². The summed E-state index contributed by atoms with van der Waals surface area (Å²) in [6.07, 6.45) is 3.62. The third-order valence-electron chi connectivity index (χ3n) is 3.00. The summed E-state index contributed by atoms with van der Waals surface area (Å²) in [4.78, 5) is 0. The summed E-state index contributed by atoms with van der Waals surface area (Å²) >= 11 is 0. The Kier molecular flexibility index (Phi) is 3.34. The van der Waals surface area contributed by atoms with Crippen LogP contribution in [0.15, 0.2) is 18.2 Å². The molecule has 1 aliphatic rings. The van der Waals surface area contributed by atoms with Gasteiger partial charge in [-0.3, -0.25) is 0 Å². The second kappa shape index (κ2) is 4.73. The van der Waals surface area contributed by atoms with E-state index in [0.717, 1.165) is 18.5 Å². The minimum Gasteiger partial charge on any atom is -0.326 e. The first-order valence-electron chi connectivity index (χ1n) is 5.53. The third kappa shape index (κ3) is 2.36. The van der Waals surface area contributed by atoms with E-state index in [1.165, 1.54) is 18.9 Å². The molecule has 0 spiro atoms. The molecule has 1 heterocycles. The quantitative estimate of drug-likeness (QED) is 0.781. The molecule has 2 rings (SSSR count). The molecule has 1 aromatic carbocycles. The van der Waals surface area contributed by atoms with Crippen LogP contribution in [-0.2, 0) is 6.54 Å². The van der Waals surface area contributed by atoms with Gasteiger partial charge in [0, 0.05) is 18.2 Å². The Labute approximate surface area is 89.7 Å². The SMILES string of the molecule is NCc1cc(C2CCCCN2)ccc1F. The van der Waals surface area contributed by atoms with Gasteiger partial charge in [-0.25, -0.2) is 4.39 Å². The molecule has 82 valence electrons. The zero-order valence-corrected chi connectivity index (χ0v) is 8.80. The van der Waals surface area contributed by atoms with E-state index in [9.17, 15) is 4.39 Å². The van der Waals surface area contributed by atoms with Gasteiger partial charge in [0.15, 0.2) is 0 Å². The molecule has 1 aliphatic heterocycles. The Morgan fingerprint density at radius 2 is 2.27 bits per heavy atom. The van der Waals surface area contributed by atoms with Crippen molar-refractivity contribution in [2.45, 2.75) is 31.8 Å². The second-order valence-corrected chi connectivity index (χ2v) is 4.06. The van der Waals surface area contributed by atoms with E-state index in [-0.39, 0.29) is 12.4 Å². The minimum atomic E-state index is -0.197. The molecule has 2 nitrogen and oxygen atoms in total. The van der Waals surface area contributed by atoms with Crippen LogP contribution in [0, 0.1) is 5.82 Å². The molecule has 1 fully saturated rings. The topological polar surface area (TPSA) is 38.0 Å². The maximum atomic E-state index is 13.2. The summed E-state index contributed by atoms with van der Waals surface area (Å²) < 4.78 is 13.2. The maximum Gasteiger partial charge on any atom is 0.127 e. The van der Waals surface area contributed by atoms with Crippen molar-refractivity contribution in [2.75, 3.05) is 6.54 Å². The fraction of sp³-hybridized carbons (Fsp3) is 0.500. The number of halogens is 1. The normalized spacial score (nSPS) is 21.6. The number of benzene rings is 1. The lowest BCUT2D eigenvalue weighted by molar-refractivity contribution is 0.411. The summed E-state index contributed by atoms with van der Waals surface area (Å²) in [5.74, 6) is -0.197. The number of hydrogen-bond acceptors (Lipinski definition) is 2. The molecule has 15 heavy (non-hydrogen) atoms. The molecular formula is C12H17FN2. The van der Waals surface area contributed by atoms with Crippen molar-refractivity contribution in [3.05, 3.63) is 35.1 Å². The monoisotopic (exact) mass is 208 g/mol. The Balaban J connectivity index is 2.20. The van der Waals surface area contributed by atoms with E-state index in [2.05, 4.69) is 5.32 Å². The van der Waals surface area contributed by atoms with Crippen LogP contribution in [-0.4, -0.2) is 6.54 Å². The van der Waals surface area contributed by atoms with Crippen molar-refractivity contribution in [3.63, 3.8) is 0 Å². The van der Waals surface area contributed by atoms with Crippen molar-refractivity contribution < 1.29 is 4.39 Å². The summed E-state index contributed by atoms with van der Waals surface area (Å²) in [7, 11) is 0. The molecule has 1 atom stereocenters. The van der Waals surface area contributed by atoms with E-state index in [1.54, 1.807) is 0 Å². The lowest BCUT2D eigenvalue weighted by Crippen LogP contribution is -2.26. The highest BCUT2D eigenvalue weighted by atomic mass is 19.1. The zero-order chi connectivity index (χ0) is 10.7. The van der Waals surface area contributed by atoms with Crippen LogP contribution in [0.1, 0.15) is 36.4 Å². The van der Waals surface area contributed by atoms with Gasteiger partial charge in [0.05, 0.1) is 0 Å². The Morgan fingerprint density at radius 3 is 2.93 bits per heavy atom. The number of hydrogen-bond donors (Lipinski definition) is 2. The molecule has 0 radical (unpaired) electrons. The molecule has 1 aromatic rings. The fourth-order valence-electron chi connectivity index (χ4n) is 2.10. The average molecular weight is 208 g/mol. The van der Waals surface area contributed by atoms with Gasteiger partial charge >= 0.3 is 0 Å². The smallest absolute Gasteiger partial charge is 0.127 e. The van der Waals surface area contributed by atoms with Gasteiger partial charge in [0.1, 0.15) is 5.82 Å². The van der Waals surface area contributed by atoms with E-state index in [1.807, 2.05) is 12.1 Å². The number of nitrogens with two attached hydrogens (primary N) is 1. The van der Waals surface area contributed by atoms with E-state index < -0.39 is 0 Å². The Hall–Kier alpha value is -0.930. The standard InChI is InChI=1S/C12H17FN2/c13-11-5-4-9(7-10(11)8-14)12-3-1-2-6-15-12/h4-5,7,12,15H,1-3,6,8,14H2. The summed E-state index contributed by atoms with van der Waals surface area (Å²) in [5, 5.41) is 3.44. The second-order valence-electron chi connectivity index (χ2n) is 4.06. The molecule has 1 saturated heterocycles. The van der Waals surface area contributed by atoms with E-state index in [4.69, 9.17) is 5.73 Å². The van der Waals surface area contributed by atoms with E-state index in [0.29, 0.717) is 11.6 Å². The minimum absolute atomic E-state index is 0.197. The van der Waals surface area contributed by atoms with Gasteiger partial charge in [-0.05, 0) is 31.0 Å². The molecule has 0 amide bonds.